The van der Waals surface area contributed by atoms with Crippen LogP contribution in [0.4, 0.5) is 11.4 Å². The van der Waals surface area contributed by atoms with Gasteiger partial charge in [-0.15, -0.1) is 0 Å². The molecular weight excluding hydrogens is 452 g/mol. The van der Waals surface area contributed by atoms with Crippen molar-refractivity contribution < 1.29 is 14.4 Å². The van der Waals surface area contributed by atoms with Gasteiger partial charge in [-0.25, -0.2) is 0 Å². The van der Waals surface area contributed by atoms with Crippen LogP contribution < -0.4 is 15.5 Å². The molecule has 0 radical (unpaired) electrons. The van der Waals surface area contributed by atoms with E-state index in [1.807, 2.05) is 24.3 Å². The van der Waals surface area contributed by atoms with E-state index in [0.29, 0.717) is 29.8 Å². The predicted octanol–water partition coefficient (Wildman–Crippen LogP) is 4.62. The SMILES string of the molecule is CCCc1ccc(NC(=O)c2cccc(N3CCCC3=O)c2)c(C(=O)NC2CCN(CCC)CC2)c1. The van der Waals surface area contributed by atoms with Gasteiger partial charge < -0.3 is 20.4 Å². The molecule has 2 heterocycles. The fourth-order valence-electron chi connectivity index (χ4n) is 5.14. The largest absolute Gasteiger partial charge is 0.349 e. The number of carbonyl (C=O) groups is 3. The number of amides is 3. The van der Waals surface area contributed by atoms with Gasteiger partial charge in [0.25, 0.3) is 11.8 Å². The molecule has 3 amide bonds. The van der Waals surface area contributed by atoms with E-state index in [2.05, 4.69) is 29.4 Å². The summed E-state index contributed by atoms with van der Waals surface area (Å²) in [6.45, 7) is 8.06. The van der Waals surface area contributed by atoms with Gasteiger partial charge in [-0.05, 0) is 74.5 Å². The van der Waals surface area contributed by atoms with Gasteiger partial charge in [-0.1, -0.05) is 32.4 Å². The second kappa shape index (κ2) is 12.2. The number of hydrogen-bond donors (Lipinski definition) is 2. The molecule has 2 N–H and O–H groups in total. The molecule has 2 aliphatic heterocycles. The lowest BCUT2D eigenvalue weighted by Gasteiger charge is -2.32. The normalized spacial score (nSPS) is 16.8. The molecule has 192 valence electrons. The predicted molar refractivity (Wildman–Crippen MR) is 144 cm³/mol. The second-order valence-corrected chi connectivity index (χ2v) is 9.87. The molecule has 4 rings (SSSR count). The molecule has 0 saturated carbocycles. The molecule has 0 bridgehead atoms. The number of likely N-dealkylation sites (tertiary alicyclic amines) is 1. The van der Waals surface area contributed by atoms with Crippen molar-refractivity contribution in [3.05, 3.63) is 59.2 Å². The number of benzene rings is 2. The average molecular weight is 491 g/mol. The standard InChI is InChI=1S/C29H38N4O3/c1-3-7-21-11-12-26(25(19-21)29(36)30-23-13-17-32(15-4-2)18-14-23)31-28(35)22-8-5-9-24(20-22)33-16-6-10-27(33)34/h5,8-9,11-12,19-20,23H,3-4,6-7,10,13-18H2,1-2H3,(H,30,36)(H,31,35). The summed E-state index contributed by atoms with van der Waals surface area (Å²) < 4.78 is 0. The first kappa shape index (κ1) is 25.9. The monoisotopic (exact) mass is 490 g/mol. The van der Waals surface area contributed by atoms with Gasteiger partial charge >= 0.3 is 0 Å². The number of aryl methyl sites for hydroxylation is 1. The number of piperidine rings is 1. The van der Waals surface area contributed by atoms with E-state index in [0.717, 1.165) is 69.4 Å². The van der Waals surface area contributed by atoms with Crippen LogP contribution in [0.15, 0.2) is 42.5 Å². The van der Waals surface area contributed by atoms with Crippen molar-refractivity contribution in [3.63, 3.8) is 0 Å². The first-order valence-electron chi connectivity index (χ1n) is 13.4. The van der Waals surface area contributed by atoms with Crippen LogP contribution >= 0.6 is 0 Å². The zero-order chi connectivity index (χ0) is 25.5. The third kappa shape index (κ3) is 6.32. The minimum absolute atomic E-state index is 0.0820. The third-order valence-corrected chi connectivity index (χ3v) is 7.07. The Balaban J connectivity index is 1.49. The fraction of sp³-hybridized carbons (Fsp3) is 0.483. The van der Waals surface area contributed by atoms with Crippen molar-refractivity contribution in [2.24, 2.45) is 0 Å². The molecular formula is C29H38N4O3. The first-order valence-corrected chi connectivity index (χ1v) is 13.4. The highest BCUT2D eigenvalue weighted by Crippen LogP contribution is 2.24. The van der Waals surface area contributed by atoms with Crippen LogP contribution in [0.25, 0.3) is 0 Å². The van der Waals surface area contributed by atoms with E-state index in [-0.39, 0.29) is 23.8 Å². The Morgan fingerprint density at radius 3 is 2.47 bits per heavy atom. The molecule has 0 aromatic heterocycles. The van der Waals surface area contributed by atoms with Gasteiger partial charge in [0.05, 0.1) is 11.3 Å². The Labute approximate surface area is 214 Å². The molecule has 7 nitrogen and oxygen atoms in total. The Morgan fingerprint density at radius 2 is 1.78 bits per heavy atom. The van der Waals surface area contributed by atoms with Gasteiger partial charge in [0.15, 0.2) is 0 Å². The Hall–Kier alpha value is -3.19. The Morgan fingerprint density at radius 1 is 0.972 bits per heavy atom. The fourth-order valence-corrected chi connectivity index (χ4v) is 5.14. The van der Waals surface area contributed by atoms with Crippen molar-refractivity contribution in [3.8, 4) is 0 Å². The lowest BCUT2D eigenvalue weighted by molar-refractivity contribution is -0.117. The smallest absolute Gasteiger partial charge is 0.255 e. The van der Waals surface area contributed by atoms with E-state index in [1.54, 1.807) is 23.1 Å². The molecule has 2 aromatic rings. The maximum Gasteiger partial charge on any atom is 0.255 e. The Bertz CT molecular complexity index is 1090. The minimum Gasteiger partial charge on any atom is -0.349 e. The molecule has 0 atom stereocenters. The number of anilines is 2. The van der Waals surface area contributed by atoms with E-state index in [9.17, 15) is 14.4 Å². The van der Waals surface area contributed by atoms with Gasteiger partial charge in [0.2, 0.25) is 5.91 Å². The third-order valence-electron chi connectivity index (χ3n) is 7.07. The maximum absolute atomic E-state index is 13.4. The highest BCUT2D eigenvalue weighted by molar-refractivity contribution is 6.09. The number of rotatable bonds is 9. The summed E-state index contributed by atoms with van der Waals surface area (Å²) >= 11 is 0. The molecule has 36 heavy (non-hydrogen) atoms. The summed E-state index contributed by atoms with van der Waals surface area (Å²) in [5.74, 6) is -0.360. The van der Waals surface area contributed by atoms with Crippen molar-refractivity contribution in [2.75, 3.05) is 36.4 Å². The van der Waals surface area contributed by atoms with Crippen molar-refractivity contribution in [1.82, 2.24) is 10.2 Å². The summed E-state index contributed by atoms with van der Waals surface area (Å²) in [6.07, 6.45) is 6.22. The lowest BCUT2D eigenvalue weighted by Crippen LogP contribution is -2.44. The van der Waals surface area contributed by atoms with Gasteiger partial charge in [0.1, 0.15) is 0 Å². The lowest BCUT2D eigenvalue weighted by atomic mass is 10.0. The molecule has 0 aliphatic carbocycles. The molecule has 2 aliphatic rings. The second-order valence-electron chi connectivity index (χ2n) is 9.87. The minimum atomic E-state index is -0.298. The zero-order valence-electron chi connectivity index (χ0n) is 21.5. The van der Waals surface area contributed by atoms with Crippen LogP contribution in [0.1, 0.15) is 78.7 Å². The summed E-state index contributed by atoms with van der Waals surface area (Å²) in [5, 5.41) is 6.17. The van der Waals surface area contributed by atoms with E-state index >= 15 is 0 Å². The molecule has 0 unspecified atom stereocenters. The van der Waals surface area contributed by atoms with E-state index in [4.69, 9.17) is 0 Å². The van der Waals surface area contributed by atoms with Crippen LogP contribution in [-0.4, -0.2) is 54.8 Å². The number of hydrogen-bond acceptors (Lipinski definition) is 4. The summed E-state index contributed by atoms with van der Waals surface area (Å²) in [7, 11) is 0. The highest BCUT2D eigenvalue weighted by Gasteiger charge is 2.24. The van der Waals surface area contributed by atoms with Crippen LogP contribution in [0.5, 0.6) is 0 Å². The number of nitrogens with one attached hydrogen (secondary N) is 2. The van der Waals surface area contributed by atoms with Crippen LogP contribution in [0.3, 0.4) is 0 Å². The molecule has 0 spiro atoms. The highest BCUT2D eigenvalue weighted by atomic mass is 16.2. The van der Waals surface area contributed by atoms with Crippen molar-refractivity contribution in [1.29, 1.82) is 0 Å². The first-order chi connectivity index (χ1) is 17.5. The van der Waals surface area contributed by atoms with Gasteiger partial charge in [-0.3, -0.25) is 14.4 Å². The number of carbonyl (C=O) groups excluding carboxylic acids is 3. The van der Waals surface area contributed by atoms with Gasteiger partial charge in [-0.2, -0.15) is 0 Å². The van der Waals surface area contributed by atoms with Gasteiger partial charge in [0, 0.05) is 43.3 Å². The topological polar surface area (TPSA) is 81.8 Å². The van der Waals surface area contributed by atoms with Crippen LogP contribution in [0, 0.1) is 0 Å². The van der Waals surface area contributed by atoms with Crippen molar-refractivity contribution >= 4 is 29.1 Å². The Kier molecular flexibility index (Phi) is 8.75. The quantitative estimate of drug-likeness (QED) is 0.537. The molecule has 2 fully saturated rings. The molecule has 7 heteroatoms. The van der Waals surface area contributed by atoms with E-state index < -0.39 is 0 Å². The summed E-state index contributed by atoms with van der Waals surface area (Å²) in [6, 6.07) is 13.0. The zero-order valence-corrected chi connectivity index (χ0v) is 21.5. The van der Waals surface area contributed by atoms with E-state index in [1.165, 1.54) is 0 Å². The molecule has 2 saturated heterocycles. The maximum atomic E-state index is 13.4. The van der Waals surface area contributed by atoms with Crippen LogP contribution in [0.2, 0.25) is 0 Å². The number of nitrogens with zero attached hydrogens (tertiary/aromatic N) is 2. The van der Waals surface area contributed by atoms with Crippen LogP contribution in [-0.2, 0) is 11.2 Å². The average Bonchev–Trinajstić information content (AvgIpc) is 3.32. The summed E-state index contributed by atoms with van der Waals surface area (Å²) in [5.41, 5.74) is 3.27. The molecule has 2 aromatic carbocycles. The summed E-state index contributed by atoms with van der Waals surface area (Å²) in [4.78, 5) is 42.9. The van der Waals surface area contributed by atoms with Crippen molar-refractivity contribution in [2.45, 2.75) is 64.8 Å².